The first kappa shape index (κ1) is 22.9. The number of aromatic hydroxyl groups is 1. The molecule has 0 spiro atoms. The van der Waals surface area contributed by atoms with Gasteiger partial charge in [-0.25, -0.2) is 9.37 Å². The van der Waals surface area contributed by atoms with Gasteiger partial charge in [-0.05, 0) is 61.5 Å². The van der Waals surface area contributed by atoms with Gasteiger partial charge in [-0.3, -0.25) is 14.8 Å². The van der Waals surface area contributed by atoms with Crippen molar-refractivity contribution in [1.29, 1.82) is 0 Å². The fourth-order valence-corrected chi connectivity index (χ4v) is 3.38. The van der Waals surface area contributed by atoms with Crippen LogP contribution >= 0.6 is 11.6 Å². The van der Waals surface area contributed by atoms with Gasteiger partial charge in [0.1, 0.15) is 23.3 Å². The molecule has 0 radical (unpaired) electrons. The second-order valence-corrected chi connectivity index (χ2v) is 7.82. The van der Waals surface area contributed by atoms with E-state index in [1.165, 1.54) is 12.3 Å². The summed E-state index contributed by atoms with van der Waals surface area (Å²) in [6, 6.07) is 12.7. The van der Waals surface area contributed by atoms with Gasteiger partial charge >= 0.3 is 0 Å². The van der Waals surface area contributed by atoms with Crippen molar-refractivity contribution in [1.82, 2.24) is 20.3 Å². The molecule has 0 aliphatic carbocycles. The monoisotopic (exact) mass is 472 g/mol. The zero-order valence-corrected chi connectivity index (χ0v) is 18.7. The van der Waals surface area contributed by atoms with Gasteiger partial charge in [0.2, 0.25) is 0 Å². The lowest BCUT2D eigenvalue weighted by molar-refractivity contribution is 0.0936. The summed E-state index contributed by atoms with van der Waals surface area (Å²) in [5.41, 5.74) is 2.55. The average molecular weight is 473 g/mol. The van der Waals surface area contributed by atoms with Crippen molar-refractivity contribution in [3.05, 3.63) is 118 Å². The van der Waals surface area contributed by atoms with Gasteiger partial charge in [-0.15, -0.1) is 0 Å². The maximum absolute atomic E-state index is 14.0. The van der Waals surface area contributed by atoms with Crippen LogP contribution in [0.25, 0.3) is 0 Å². The number of nitrogens with one attached hydrogen (secondary N) is 1. The molecule has 0 saturated heterocycles. The van der Waals surface area contributed by atoms with Gasteiger partial charge in [0.25, 0.3) is 5.91 Å². The third-order valence-corrected chi connectivity index (χ3v) is 5.04. The summed E-state index contributed by atoms with van der Waals surface area (Å²) >= 11 is 5.94. The van der Waals surface area contributed by atoms with Crippen molar-refractivity contribution in [3.63, 3.8) is 0 Å². The lowest BCUT2D eigenvalue weighted by atomic mass is 10.0. The van der Waals surface area contributed by atoms with Crippen LogP contribution in [0.4, 0.5) is 4.39 Å². The van der Waals surface area contributed by atoms with Gasteiger partial charge in [0.05, 0.1) is 10.7 Å². The molecule has 3 heterocycles. The third kappa shape index (κ3) is 5.55. The quantitative estimate of drug-likeness (QED) is 0.424. The van der Waals surface area contributed by atoms with E-state index in [0.717, 1.165) is 17.7 Å². The summed E-state index contributed by atoms with van der Waals surface area (Å²) in [4.78, 5) is 25.8. The molecule has 168 valence electrons. The number of nitrogens with zero attached hydrogens (tertiary/aromatic N) is 3. The van der Waals surface area contributed by atoms with E-state index in [0.29, 0.717) is 22.0 Å². The van der Waals surface area contributed by atoms with E-state index in [9.17, 15) is 14.3 Å². The van der Waals surface area contributed by atoms with Crippen molar-refractivity contribution < 1.29 is 14.3 Å². The highest BCUT2D eigenvalue weighted by Crippen LogP contribution is 2.30. The van der Waals surface area contributed by atoms with Crippen molar-refractivity contribution in [2.24, 2.45) is 0 Å². The number of rotatable bonds is 4. The van der Waals surface area contributed by atoms with Gasteiger partial charge in [-0.2, -0.15) is 0 Å². The molecule has 2 N–H and O–H groups in total. The SMILES string of the molecule is Cc1cc(C#Cc2cccnc2)cc(C(=O)NC(c2ccc(Cl)cn2)c2cc(F)ccc2O)n1. The molecular weight excluding hydrogens is 455 g/mol. The number of amides is 1. The summed E-state index contributed by atoms with van der Waals surface area (Å²) in [5, 5.41) is 13.5. The second kappa shape index (κ2) is 10.1. The highest BCUT2D eigenvalue weighted by Gasteiger charge is 2.23. The predicted octanol–water partition coefficient (Wildman–Crippen LogP) is 4.60. The summed E-state index contributed by atoms with van der Waals surface area (Å²) in [7, 11) is 0. The Morgan fingerprint density at radius 1 is 1.09 bits per heavy atom. The average Bonchev–Trinajstić information content (AvgIpc) is 2.84. The molecule has 1 atom stereocenters. The van der Waals surface area contributed by atoms with Gasteiger partial charge < -0.3 is 10.4 Å². The van der Waals surface area contributed by atoms with Crippen molar-refractivity contribution >= 4 is 17.5 Å². The van der Waals surface area contributed by atoms with E-state index in [2.05, 4.69) is 32.1 Å². The van der Waals surface area contributed by atoms with Crippen LogP contribution in [0.1, 0.15) is 44.6 Å². The van der Waals surface area contributed by atoms with E-state index < -0.39 is 17.8 Å². The molecule has 4 aromatic rings. The van der Waals surface area contributed by atoms with Gasteiger partial charge in [-0.1, -0.05) is 23.4 Å². The number of carbonyl (C=O) groups excluding carboxylic acids is 1. The minimum Gasteiger partial charge on any atom is -0.508 e. The lowest BCUT2D eigenvalue weighted by Crippen LogP contribution is -2.31. The van der Waals surface area contributed by atoms with Crippen molar-refractivity contribution in [2.45, 2.75) is 13.0 Å². The van der Waals surface area contributed by atoms with Gasteiger partial charge in [0.15, 0.2) is 0 Å². The third-order valence-electron chi connectivity index (χ3n) is 4.82. The fourth-order valence-electron chi connectivity index (χ4n) is 3.27. The number of pyridine rings is 3. The number of benzene rings is 1. The molecule has 0 bridgehead atoms. The number of aryl methyl sites for hydroxylation is 1. The molecule has 0 saturated carbocycles. The Bertz CT molecular complexity index is 1400. The number of hydrogen-bond donors (Lipinski definition) is 2. The number of phenols is 1. The maximum atomic E-state index is 14.0. The largest absolute Gasteiger partial charge is 0.508 e. The molecule has 0 aliphatic rings. The minimum absolute atomic E-state index is 0.116. The second-order valence-electron chi connectivity index (χ2n) is 7.39. The molecule has 1 aromatic carbocycles. The van der Waals surface area contributed by atoms with Crippen LogP contribution in [0.5, 0.6) is 5.75 Å². The van der Waals surface area contributed by atoms with Crippen LogP contribution in [-0.4, -0.2) is 26.0 Å². The highest BCUT2D eigenvalue weighted by molar-refractivity contribution is 6.30. The number of phenolic OH excluding ortho intramolecular Hbond substituents is 1. The van der Waals surface area contributed by atoms with Crippen molar-refractivity contribution in [3.8, 4) is 17.6 Å². The van der Waals surface area contributed by atoms with Crippen LogP contribution in [0, 0.1) is 24.6 Å². The number of hydrogen-bond acceptors (Lipinski definition) is 5. The summed E-state index contributed by atoms with van der Waals surface area (Å²) in [6.07, 6.45) is 4.71. The van der Waals surface area contributed by atoms with E-state index in [1.807, 2.05) is 6.07 Å². The smallest absolute Gasteiger partial charge is 0.270 e. The first-order valence-electron chi connectivity index (χ1n) is 10.2. The van der Waals surface area contributed by atoms with Crippen LogP contribution < -0.4 is 5.32 Å². The van der Waals surface area contributed by atoms with E-state index in [-0.39, 0.29) is 17.0 Å². The molecule has 4 rings (SSSR count). The molecule has 3 aromatic heterocycles. The summed E-state index contributed by atoms with van der Waals surface area (Å²) in [5.74, 6) is 4.71. The predicted molar refractivity (Wildman–Crippen MR) is 126 cm³/mol. The molecule has 0 fully saturated rings. The normalized spacial score (nSPS) is 11.3. The molecule has 8 heteroatoms. The first-order valence-corrected chi connectivity index (χ1v) is 10.6. The van der Waals surface area contributed by atoms with Crippen LogP contribution in [0.15, 0.2) is 73.2 Å². The molecule has 1 amide bonds. The molecule has 1 unspecified atom stereocenters. The molecular formula is C26H18ClFN4O2. The zero-order chi connectivity index (χ0) is 24.1. The minimum atomic E-state index is -0.951. The Kier molecular flexibility index (Phi) is 6.81. The number of halogens is 2. The Morgan fingerprint density at radius 3 is 2.65 bits per heavy atom. The van der Waals surface area contributed by atoms with Crippen LogP contribution in [0.3, 0.4) is 0 Å². The number of carbonyl (C=O) groups is 1. The zero-order valence-electron chi connectivity index (χ0n) is 18.0. The Hall–Kier alpha value is -4.28. The maximum Gasteiger partial charge on any atom is 0.270 e. The fraction of sp³-hybridized carbons (Fsp3) is 0.0769. The lowest BCUT2D eigenvalue weighted by Gasteiger charge is -2.20. The first-order chi connectivity index (χ1) is 16.4. The summed E-state index contributed by atoms with van der Waals surface area (Å²) in [6.45, 7) is 1.75. The van der Waals surface area contributed by atoms with E-state index >= 15 is 0 Å². The topological polar surface area (TPSA) is 88.0 Å². The Morgan fingerprint density at radius 2 is 1.91 bits per heavy atom. The molecule has 34 heavy (non-hydrogen) atoms. The van der Waals surface area contributed by atoms with Gasteiger partial charge in [0, 0.05) is 41.0 Å². The van der Waals surface area contributed by atoms with E-state index in [4.69, 9.17) is 11.6 Å². The highest BCUT2D eigenvalue weighted by atomic mass is 35.5. The molecule has 0 aliphatic heterocycles. The van der Waals surface area contributed by atoms with E-state index in [1.54, 1.807) is 49.6 Å². The van der Waals surface area contributed by atoms with Crippen LogP contribution in [0.2, 0.25) is 5.02 Å². The Balaban J connectivity index is 1.68. The summed E-state index contributed by atoms with van der Waals surface area (Å²) < 4.78 is 14.0. The molecule has 6 nitrogen and oxygen atoms in total. The Labute approximate surface area is 200 Å². The van der Waals surface area contributed by atoms with Crippen LogP contribution in [-0.2, 0) is 0 Å². The standard InChI is InChI=1S/C26H18ClFN4O2/c1-16-11-18(5-4-17-3-2-10-29-14-17)12-23(31-16)26(34)32-25(22-8-6-19(27)15-30-22)21-13-20(28)7-9-24(21)33/h2-3,6-15,25,33H,1H3,(H,32,34). The number of aromatic nitrogens is 3. The van der Waals surface area contributed by atoms with Crippen molar-refractivity contribution in [2.75, 3.05) is 0 Å².